The van der Waals surface area contributed by atoms with Crippen LogP contribution in [-0.2, 0) is 11.3 Å². The third-order valence-corrected chi connectivity index (χ3v) is 5.49. The molecule has 0 atom stereocenters. The van der Waals surface area contributed by atoms with Crippen LogP contribution in [0.4, 0.5) is 5.69 Å². The van der Waals surface area contributed by atoms with Gasteiger partial charge < -0.3 is 10.2 Å². The smallest absolute Gasteiger partial charge is 0.253 e. The molecule has 0 spiro atoms. The van der Waals surface area contributed by atoms with E-state index in [0.29, 0.717) is 23.8 Å². The molecule has 1 N–H and O–H groups in total. The fourth-order valence-electron chi connectivity index (χ4n) is 3.92. The van der Waals surface area contributed by atoms with Gasteiger partial charge in [-0.15, -0.1) is 0 Å². The lowest BCUT2D eigenvalue weighted by Gasteiger charge is -2.34. The highest BCUT2D eigenvalue weighted by molar-refractivity contribution is 5.96. The van der Waals surface area contributed by atoms with E-state index in [1.807, 2.05) is 18.2 Å². The molecular formula is C24H31N3O2. The van der Waals surface area contributed by atoms with E-state index in [-0.39, 0.29) is 11.8 Å². The molecule has 5 nitrogen and oxygen atoms in total. The van der Waals surface area contributed by atoms with Gasteiger partial charge in [0.05, 0.1) is 6.54 Å². The molecule has 0 radical (unpaired) electrons. The average Bonchev–Trinajstić information content (AvgIpc) is 2.74. The number of carbonyl (C=O) groups excluding carboxylic acids is 2. The van der Waals surface area contributed by atoms with Crippen molar-refractivity contribution >= 4 is 17.5 Å². The van der Waals surface area contributed by atoms with E-state index in [9.17, 15) is 9.59 Å². The lowest BCUT2D eigenvalue weighted by Crippen LogP contribution is -2.41. The topological polar surface area (TPSA) is 52.7 Å². The lowest BCUT2D eigenvalue weighted by molar-refractivity contribution is -0.118. The minimum atomic E-state index is -0.0470. The van der Waals surface area contributed by atoms with Crippen LogP contribution in [-0.4, -0.2) is 48.3 Å². The number of benzene rings is 2. The van der Waals surface area contributed by atoms with Crippen LogP contribution in [0.3, 0.4) is 0 Å². The van der Waals surface area contributed by atoms with Gasteiger partial charge >= 0.3 is 0 Å². The number of nitrogens with zero attached hydrogens (tertiary/aromatic N) is 2. The summed E-state index contributed by atoms with van der Waals surface area (Å²) in [6, 6.07) is 17.9. The number of nitrogens with one attached hydrogen (secondary N) is 1. The highest BCUT2D eigenvalue weighted by Crippen LogP contribution is 2.24. The molecule has 0 bridgehead atoms. The highest BCUT2D eigenvalue weighted by atomic mass is 16.2. The van der Waals surface area contributed by atoms with Crippen molar-refractivity contribution in [3.05, 3.63) is 65.7 Å². The van der Waals surface area contributed by atoms with Crippen LogP contribution in [0.25, 0.3) is 0 Å². The molecule has 0 aliphatic heterocycles. The zero-order valence-electron chi connectivity index (χ0n) is 17.4. The number of rotatable bonds is 7. The number of carbonyl (C=O) groups is 2. The highest BCUT2D eigenvalue weighted by Gasteiger charge is 2.23. The Morgan fingerprint density at radius 2 is 1.59 bits per heavy atom. The molecule has 154 valence electrons. The van der Waals surface area contributed by atoms with Gasteiger partial charge in [0.15, 0.2) is 0 Å². The molecular weight excluding hydrogens is 362 g/mol. The number of amides is 2. The molecule has 3 rings (SSSR count). The Morgan fingerprint density at radius 1 is 0.931 bits per heavy atom. The summed E-state index contributed by atoms with van der Waals surface area (Å²) in [6.07, 6.45) is 6.07. The Morgan fingerprint density at radius 3 is 2.21 bits per heavy atom. The summed E-state index contributed by atoms with van der Waals surface area (Å²) in [5, 5.41) is 2.99. The quantitative estimate of drug-likeness (QED) is 0.768. The van der Waals surface area contributed by atoms with Gasteiger partial charge in [-0.25, -0.2) is 0 Å². The van der Waals surface area contributed by atoms with Crippen LogP contribution < -0.4 is 5.32 Å². The predicted molar refractivity (Wildman–Crippen MR) is 117 cm³/mol. The van der Waals surface area contributed by atoms with Gasteiger partial charge in [0.25, 0.3) is 5.91 Å². The van der Waals surface area contributed by atoms with Crippen LogP contribution in [0.5, 0.6) is 0 Å². The molecule has 1 aliphatic rings. The van der Waals surface area contributed by atoms with E-state index < -0.39 is 0 Å². The average molecular weight is 394 g/mol. The second-order valence-corrected chi connectivity index (χ2v) is 8.01. The van der Waals surface area contributed by atoms with E-state index in [4.69, 9.17) is 0 Å². The van der Waals surface area contributed by atoms with Gasteiger partial charge in [0.2, 0.25) is 5.91 Å². The third kappa shape index (κ3) is 6.16. The summed E-state index contributed by atoms with van der Waals surface area (Å²) >= 11 is 0. The molecule has 5 heteroatoms. The fraction of sp³-hybridized carbons (Fsp3) is 0.417. The van der Waals surface area contributed by atoms with Crippen LogP contribution in [0, 0.1) is 0 Å². The van der Waals surface area contributed by atoms with Crippen molar-refractivity contribution in [3.63, 3.8) is 0 Å². The van der Waals surface area contributed by atoms with E-state index in [0.717, 1.165) is 19.4 Å². The Hall–Kier alpha value is -2.66. The summed E-state index contributed by atoms with van der Waals surface area (Å²) in [5.74, 6) is -0.0626. The Labute approximate surface area is 173 Å². The first kappa shape index (κ1) is 21.1. The molecule has 0 unspecified atom stereocenters. The third-order valence-electron chi connectivity index (χ3n) is 5.49. The molecule has 2 aromatic carbocycles. The second-order valence-electron chi connectivity index (χ2n) is 8.01. The molecule has 0 aromatic heterocycles. The predicted octanol–water partition coefficient (Wildman–Crippen LogP) is 4.16. The van der Waals surface area contributed by atoms with Crippen LogP contribution in [0.15, 0.2) is 54.6 Å². The number of anilines is 1. The number of hydrogen-bond donors (Lipinski definition) is 1. The second kappa shape index (κ2) is 10.2. The fourth-order valence-corrected chi connectivity index (χ4v) is 3.92. The summed E-state index contributed by atoms with van der Waals surface area (Å²) in [7, 11) is 3.45. The van der Waals surface area contributed by atoms with Gasteiger partial charge in [0, 0.05) is 37.9 Å². The molecule has 1 saturated carbocycles. The number of hydrogen-bond acceptors (Lipinski definition) is 3. The van der Waals surface area contributed by atoms with Gasteiger partial charge in [-0.05, 0) is 42.7 Å². The monoisotopic (exact) mass is 393 g/mol. The van der Waals surface area contributed by atoms with Crippen molar-refractivity contribution in [1.82, 2.24) is 9.80 Å². The summed E-state index contributed by atoms with van der Waals surface area (Å²) in [4.78, 5) is 28.6. The maximum atomic E-state index is 12.8. The van der Waals surface area contributed by atoms with E-state index in [1.54, 1.807) is 43.3 Å². The zero-order valence-corrected chi connectivity index (χ0v) is 17.4. The van der Waals surface area contributed by atoms with Crippen molar-refractivity contribution in [1.29, 1.82) is 0 Å². The van der Waals surface area contributed by atoms with Gasteiger partial charge in [-0.2, -0.15) is 0 Å². The van der Waals surface area contributed by atoms with Crippen molar-refractivity contribution in [3.8, 4) is 0 Å². The van der Waals surface area contributed by atoms with Gasteiger partial charge in [-0.1, -0.05) is 49.6 Å². The Kier molecular flexibility index (Phi) is 7.42. The maximum absolute atomic E-state index is 12.8. The molecule has 2 amide bonds. The lowest BCUT2D eigenvalue weighted by atomic mass is 9.93. The molecule has 1 aliphatic carbocycles. The summed E-state index contributed by atoms with van der Waals surface area (Å²) < 4.78 is 0. The zero-order chi connectivity index (χ0) is 20.6. The van der Waals surface area contributed by atoms with Crippen molar-refractivity contribution in [2.45, 2.75) is 44.7 Å². The largest absolute Gasteiger partial charge is 0.345 e. The van der Waals surface area contributed by atoms with Crippen molar-refractivity contribution in [2.75, 3.05) is 26.0 Å². The Bertz CT molecular complexity index is 797. The van der Waals surface area contributed by atoms with Crippen molar-refractivity contribution in [2.24, 2.45) is 0 Å². The van der Waals surface area contributed by atoms with Crippen LogP contribution in [0.1, 0.15) is 48.0 Å². The standard InChI is InChI=1S/C24H31N3O2/c1-26(2)24(29)20-13-15-21(16-14-20)25-23(28)18-27(22-11-7-4-8-12-22)17-19-9-5-3-6-10-19/h3,5-6,9-10,13-16,22H,4,7-8,11-12,17-18H2,1-2H3,(H,25,28). The summed E-state index contributed by atoms with van der Waals surface area (Å²) in [6.45, 7) is 1.16. The maximum Gasteiger partial charge on any atom is 0.253 e. The molecule has 0 saturated heterocycles. The first-order valence-corrected chi connectivity index (χ1v) is 10.4. The molecule has 0 heterocycles. The molecule has 1 fully saturated rings. The van der Waals surface area contributed by atoms with Gasteiger partial charge in [0.1, 0.15) is 0 Å². The van der Waals surface area contributed by atoms with Crippen LogP contribution >= 0.6 is 0 Å². The first-order chi connectivity index (χ1) is 14.0. The van der Waals surface area contributed by atoms with E-state index >= 15 is 0 Å². The molecule has 29 heavy (non-hydrogen) atoms. The minimum Gasteiger partial charge on any atom is -0.345 e. The van der Waals surface area contributed by atoms with Gasteiger partial charge in [-0.3, -0.25) is 14.5 Å². The van der Waals surface area contributed by atoms with Crippen molar-refractivity contribution < 1.29 is 9.59 Å². The summed E-state index contributed by atoms with van der Waals surface area (Å²) in [5.41, 5.74) is 2.56. The normalized spacial score (nSPS) is 14.6. The molecule has 2 aromatic rings. The first-order valence-electron chi connectivity index (χ1n) is 10.4. The van der Waals surface area contributed by atoms with E-state index in [1.165, 1.54) is 24.8 Å². The minimum absolute atomic E-state index is 0.0156. The van der Waals surface area contributed by atoms with Crippen LogP contribution in [0.2, 0.25) is 0 Å². The Balaban J connectivity index is 1.63. The SMILES string of the molecule is CN(C)C(=O)c1ccc(NC(=O)CN(Cc2ccccc2)C2CCCCC2)cc1. The van der Waals surface area contributed by atoms with E-state index in [2.05, 4.69) is 22.3 Å².